The van der Waals surface area contributed by atoms with Gasteiger partial charge in [0.15, 0.2) is 0 Å². The number of para-hydroxylation sites is 1. The SMILES string of the molecule is CC(C)c1cccc(C(C)C)c1NC(=O)Nc1ccc(N2CCC(Cc3ccccc3)CC2)c(C(=O)NC[C@H]2CCCO2)c1. The minimum atomic E-state index is -0.319. The Balaban J connectivity index is 1.32. The second-order valence-corrected chi connectivity index (χ2v) is 12.9. The summed E-state index contributed by atoms with van der Waals surface area (Å²) in [6.45, 7) is 11.5. The van der Waals surface area contributed by atoms with Crippen LogP contribution in [0.15, 0.2) is 66.7 Å². The van der Waals surface area contributed by atoms with Crippen LogP contribution in [0.1, 0.15) is 92.3 Å². The van der Waals surface area contributed by atoms with Gasteiger partial charge >= 0.3 is 6.03 Å². The molecule has 234 valence electrons. The molecule has 3 N–H and O–H groups in total. The van der Waals surface area contributed by atoms with Crippen LogP contribution < -0.4 is 20.9 Å². The fraction of sp³-hybridized carbons (Fsp3) is 0.459. The molecular weight excluding hydrogens is 548 g/mol. The lowest BCUT2D eigenvalue weighted by Crippen LogP contribution is -2.37. The van der Waals surface area contributed by atoms with Gasteiger partial charge in [0.2, 0.25) is 0 Å². The van der Waals surface area contributed by atoms with Crippen molar-refractivity contribution in [1.29, 1.82) is 0 Å². The molecule has 2 heterocycles. The van der Waals surface area contributed by atoms with Crippen molar-refractivity contribution in [1.82, 2.24) is 5.32 Å². The monoisotopic (exact) mass is 596 g/mol. The number of hydrogen-bond donors (Lipinski definition) is 3. The Morgan fingerprint density at radius 1 is 0.864 bits per heavy atom. The molecule has 0 saturated carbocycles. The standard InChI is InChI=1S/C37H48N4O3/c1-25(2)31-13-8-14-32(26(3)4)35(31)40-37(43)39-29-15-16-34(33(23-29)36(42)38-24-30-12-9-21-44-30)41-19-17-28(18-20-41)22-27-10-6-5-7-11-27/h5-8,10-11,13-16,23,25-26,28,30H,9,12,17-22,24H2,1-4H3,(H,38,42)(H2,39,40,43)/t30-/m1/s1. The van der Waals surface area contributed by atoms with Crippen molar-refractivity contribution < 1.29 is 14.3 Å². The zero-order valence-electron chi connectivity index (χ0n) is 26.7. The predicted molar refractivity (Wildman–Crippen MR) is 180 cm³/mol. The zero-order chi connectivity index (χ0) is 31.1. The van der Waals surface area contributed by atoms with Gasteiger partial charge in [0.1, 0.15) is 0 Å². The van der Waals surface area contributed by atoms with Gasteiger partial charge in [0.25, 0.3) is 5.91 Å². The second-order valence-electron chi connectivity index (χ2n) is 12.9. The summed E-state index contributed by atoms with van der Waals surface area (Å²) >= 11 is 0. The summed E-state index contributed by atoms with van der Waals surface area (Å²) in [6, 6.07) is 22.3. The van der Waals surface area contributed by atoms with E-state index in [2.05, 4.69) is 97.1 Å². The molecule has 2 aliphatic rings. The number of carbonyl (C=O) groups is 2. The van der Waals surface area contributed by atoms with Gasteiger partial charge in [0.05, 0.1) is 11.7 Å². The third kappa shape index (κ3) is 8.00. The van der Waals surface area contributed by atoms with E-state index in [4.69, 9.17) is 4.74 Å². The average molecular weight is 597 g/mol. The summed E-state index contributed by atoms with van der Waals surface area (Å²) in [5.74, 6) is 1.01. The van der Waals surface area contributed by atoms with E-state index < -0.39 is 0 Å². The van der Waals surface area contributed by atoms with Crippen LogP contribution in [0, 0.1) is 5.92 Å². The average Bonchev–Trinajstić information content (AvgIpc) is 3.54. The molecule has 1 atom stereocenters. The fourth-order valence-electron chi connectivity index (χ4n) is 6.48. The highest BCUT2D eigenvalue weighted by atomic mass is 16.5. The van der Waals surface area contributed by atoms with Gasteiger partial charge in [-0.25, -0.2) is 4.79 Å². The van der Waals surface area contributed by atoms with E-state index in [1.54, 1.807) is 0 Å². The maximum Gasteiger partial charge on any atom is 0.323 e. The first-order valence-electron chi connectivity index (χ1n) is 16.3. The van der Waals surface area contributed by atoms with Crippen molar-refractivity contribution in [3.8, 4) is 0 Å². The van der Waals surface area contributed by atoms with Gasteiger partial charge < -0.3 is 25.6 Å². The molecule has 0 unspecified atom stereocenters. The van der Waals surface area contributed by atoms with Gasteiger partial charge in [-0.3, -0.25) is 4.79 Å². The zero-order valence-corrected chi connectivity index (χ0v) is 26.7. The molecule has 3 aromatic rings. The normalized spacial score (nSPS) is 17.2. The Kier molecular flexibility index (Phi) is 10.6. The number of amides is 3. The van der Waals surface area contributed by atoms with Gasteiger partial charge in [-0.05, 0) is 84.7 Å². The van der Waals surface area contributed by atoms with E-state index in [1.165, 1.54) is 5.56 Å². The molecule has 2 saturated heterocycles. The number of hydrogen-bond acceptors (Lipinski definition) is 4. The van der Waals surface area contributed by atoms with Crippen LogP contribution in [0.5, 0.6) is 0 Å². The Bertz CT molecular complexity index is 1380. The van der Waals surface area contributed by atoms with Crippen molar-refractivity contribution in [3.63, 3.8) is 0 Å². The minimum Gasteiger partial charge on any atom is -0.376 e. The van der Waals surface area contributed by atoms with Gasteiger partial charge in [-0.15, -0.1) is 0 Å². The number of nitrogens with zero attached hydrogens (tertiary/aromatic N) is 1. The number of benzene rings is 3. The lowest BCUT2D eigenvalue weighted by Gasteiger charge is -2.35. The highest BCUT2D eigenvalue weighted by molar-refractivity contribution is 6.04. The van der Waals surface area contributed by atoms with E-state index in [-0.39, 0.29) is 29.9 Å². The van der Waals surface area contributed by atoms with Gasteiger partial charge in [-0.2, -0.15) is 0 Å². The Labute approximate surface area is 262 Å². The molecule has 2 fully saturated rings. The number of ether oxygens (including phenoxy) is 1. The van der Waals surface area contributed by atoms with Crippen molar-refractivity contribution in [2.45, 2.75) is 77.7 Å². The number of urea groups is 1. The fourth-order valence-corrected chi connectivity index (χ4v) is 6.48. The van der Waals surface area contributed by atoms with Crippen LogP contribution in [0.25, 0.3) is 0 Å². The molecule has 0 spiro atoms. The molecule has 5 rings (SSSR count). The van der Waals surface area contributed by atoms with E-state index in [0.29, 0.717) is 23.7 Å². The summed E-state index contributed by atoms with van der Waals surface area (Å²) in [5, 5.41) is 9.24. The lowest BCUT2D eigenvalue weighted by molar-refractivity contribution is 0.0858. The highest BCUT2D eigenvalue weighted by Crippen LogP contribution is 2.33. The molecule has 2 aliphatic heterocycles. The molecule has 3 aromatic carbocycles. The quantitative estimate of drug-likeness (QED) is 0.222. The minimum absolute atomic E-state index is 0.0550. The number of carbonyl (C=O) groups excluding carboxylic acids is 2. The van der Waals surface area contributed by atoms with Crippen molar-refractivity contribution in [2.75, 3.05) is 41.8 Å². The van der Waals surface area contributed by atoms with Crippen LogP contribution in [-0.2, 0) is 11.2 Å². The first-order chi connectivity index (χ1) is 21.3. The van der Waals surface area contributed by atoms with E-state index >= 15 is 0 Å². The van der Waals surface area contributed by atoms with E-state index in [1.807, 2.05) is 18.2 Å². The molecule has 0 bridgehead atoms. The summed E-state index contributed by atoms with van der Waals surface area (Å²) < 4.78 is 5.74. The Hall–Kier alpha value is -3.84. The van der Waals surface area contributed by atoms with Crippen molar-refractivity contribution in [3.05, 3.63) is 89.0 Å². The topological polar surface area (TPSA) is 82.7 Å². The van der Waals surface area contributed by atoms with Crippen LogP contribution in [0.4, 0.5) is 21.9 Å². The Morgan fingerprint density at radius 2 is 1.57 bits per heavy atom. The molecule has 0 aliphatic carbocycles. The van der Waals surface area contributed by atoms with Gasteiger partial charge in [0, 0.05) is 43.3 Å². The molecule has 3 amide bonds. The molecule has 7 nitrogen and oxygen atoms in total. The highest BCUT2D eigenvalue weighted by Gasteiger charge is 2.25. The van der Waals surface area contributed by atoms with E-state index in [0.717, 1.165) is 74.3 Å². The smallest absolute Gasteiger partial charge is 0.323 e. The maximum atomic E-state index is 13.6. The molecule has 44 heavy (non-hydrogen) atoms. The predicted octanol–water partition coefficient (Wildman–Crippen LogP) is 7.95. The van der Waals surface area contributed by atoms with Crippen LogP contribution in [0.2, 0.25) is 0 Å². The Morgan fingerprint density at radius 3 is 2.20 bits per heavy atom. The third-order valence-electron chi connectivity index (χ3n) is 8.95. The van der Waals surface area contributed by atoms with Crippen LogP contribution in [0.3, 0.4) is 0 Å². The van der Waals surface area contributed by atoms with Crippen LogP contribution >= 0.6 is 0 Å². The first-order valence-corrected chi connectivity index (χ1v) is 16.3. The summed E-state index contributed by atoms with van der Waals surface area (Å²) in [5.41, 5.74) is 6.52. The third-order valence-corrected chi connectivity index (χ3v) is 8.95. The van der Waals surface area contributed by atoms with Gasteiger partial charge in [-0.1, -0.05) is 76.2 Å². The number of anilines is 3. The van der Waals surface area contributed by atoms with Crippen molar-refractivity contribution >= 4 is 29.0 Å². The summed E-state index contributed by atoms with van der Waals surface area (Å²) in [6.07, 6.45) is 5.26. The number of piperidine rings is 1. The molecule has 0 radical (unpaired) electrons. The van der Waals surface area contributed by atoms with Crippen LogP contribution in [-0.4, -0.2) is 44.3 Å². The molecular formula is C37H48N4O3. The van der Waals surface area contributed by atoms with Crippen molar-refractivity contribution in [2.24, 2.45) is 5.92 Å². The molecule has 0 aromatic heterocycles. The number of rotatable bonds is 10. The van der Waals surface area contributed by atoms with E-state index in [9.17, 15) is 9.59 Å². The second kappa shape index (κ2) is 14.8. The number of nitrogens with one attached hydrogen (secondary N) is 3. The summed E-state index contributed by atoms with van der Waals surface area (Å²) in [4.78, 5) is 29.3. The summed E-state index contributed by atoms with van der Waals surface area (Å²) in [7, 11) is 0. The largest absolute Gasteiger partial charge is 0.376 e. The lowest BCUT2D eigenvalue weighted by atomic mass is 9.89. The maximum absolute atomic E-state index is 13.6. The molecule has 7 heteroatoms. The first kappa shape index (κ1) is 31.6.